The van der Waals surface area contributed by atoms with E-state index >= 15 is 0 Å². The Balaban J connectivity index is 2.32. The van der Waals surface area contributed by atoms with Crippen LogP contribution in [0.15, 0.2) is 0 Å². The quantitative estimate of drug-likeness (QED) is 0.352. The molecule has 0 spiro atoms. The summed E-state index contributed by atoms with van der Waals surface area (Å²) >= 11 is 0. The molecule has 2 heteroatoms. The van der Waals surface area contributed by atoms with Gasteiger partial charge < -0.3 is 5.73 Å². The van der Waals surface area contributed by atoms with Crippen LogP contribution in [0, 0.1) is 0 Å². The smallest absolute Gasteiger partial charge is 0.122 e. The SMILES string of the molecule is BC(C)N. The predicted molar refractivity (Wildman–Crippen MR) is 22.2 cm³/mol. The third-order valence-corrected chi connectivity index (χ3v) is 0. The van der Waals surface area contributed by atoms with Crippen LogP contribution in [-0.4, -0.2) is 13.8 Å². The molecule has 1 atom stereocenters. The molecular weight excluding hydrogens is 48.8 g/mol. The molecule has 0 aromatic carbocycles. The van der Waals surface area contributed by atoms with Gasteiger partial charge in [-0.2, -0.15) is 0 Å². The van der Waals surface area contributed by atoms with Crippen LogP contribution in [0.4, 0.5) is 0 Å². The van der Waals surface area contributed by atoms with E-state index in [1.165, 1.54) is 0 Å². The minimum Gasteiger partial charge on any atom is -0.336 e. The molecule has 0 heterocycles. The molecule has 24 valence electrons. The zero-order valence-corrected chi connectivity index (χ0v) is 3.15. The number of rotatable bonds is 0. The van der Waals surface area contributed by atoms with Crippen molar-refractivity contribution in [1.29, 1.82) is 0 Å². The second kappa shape index (κ2) is 1.36. The lowest BCUT2D eigenvalue weighted by atomic mass is 10.0. The molecule has 0 rings (SSSR count). The molecule has 0 fully saturated rings. The summed E-state index contributed by atoms with van der Waals surface area (Å²) in [5, 5.41) is 0. The normalized spacial score (nSPS) is 15.5. The van der Waals surface area contributed by atoms with Gasteiger partial charge in [-0.25, -0.2) is 0 Å². The Kier molecular flexibility index (Phi) is 1.36. The summed E-state index contributed by atoms with van der Waals surface area (Å²) in [7, 11) is 1.94. The van der Waals surface area contributed by atoms with Crippen LogP contribution in [0.3, 0.4) is 0 Å². The standard InChI is InChI=1S/C2H8BN/c1-2(3)4/h2H,3-4H2,1H3. The van der Waals surface area contributed by atoms with Gasteiger partial charge in [0.25, 0.3) is 0 Å². The van der Waals surface area contributed by atoms with Crippen LogP contribution in [0.1, 0.15) is 6.92 Å². The third kappa shape index (κ3) is 3420. The van der Waals surface area contributed by atoms with Crippen molar-refractivity contribution in [3.63, 3.8) is 0 Å². The van der Waals surface area contributed by atoms with E-state index in [0.717, 1.165) is 0 Å². The second-order valence-corrected chi connectivity index (χ2v) is 1.24. The molecule has 0 saturated carbocycles. The molecule has 1 nitrogen and oxygen atoms in total. The molecule has 0 aromatic heterocycles. The highest BCUT2D eigenvalue weighted by Crippen LogP contribution is 1.48. The minimum atomic E-state index is 0.333. The first-order chi connectivity index (χ1) is 1.73. The zero-order valence-electron chi connectivity index (χ0n) is 3.15. The maximum atomic E-state index is 5.11. The summed E-state index contributed by atoms with van der Waals surface area (Å²) < 4.78 is 0. The molecule has 0 aromatic rings. The van der Waals surface area contributed by atoms with E-state index in [1.807, 2.05) is 14.8 Å². The monoisotopic (exact) mass is 57.1 g/mol. The van der Waals surface area contributed by atoms with Gasteiger partial charge in [-0.05, 0) is 5.94 Å². The third-order valence-electron chi connectivity index (χ3n) is 0. The predicted octanol–water partition coefficient (Wildman–Crippen LogP) is -1.08. The molecule has 2 N–H and O–H groups in total. The average Bonchev–Trinajstić information content (AvgIpc) is 0.811. The first-order valence-corrected chi connectivity index (χ1v) is 1.49. The molecule has 0 bridgehead atoms. The molecule has 0 aliphatic heterocycles. The van der Waals surface area contributed by atoms with Gasteiger partial charge in [0.15, 0.2) is 0 Å². The highest BCUT2D eigenvalue weighted by Gasteiger charge is 1.68. The summed E-state index contributed by atoms with van der Waals surface area (Å²) in [5.41, 5.74) is 5.11. The topological polar surface area (TPSA) is 26.0 Å². The van der Waals surface area contributed by atoms with Gasteiger partial charge in [0.2, 0.25) is 0 Å². The lowest BCUT2D eigenvalue weighted by Gasteiger charge is -1.80. The Morgan fingerprint density at radius 3 is 2.00 bits per heavy atom. The van der Waals surface area contributed by atoms with Crippen LogP contribution in [0.5, 0.6) is 0 Å². The van der Waals surface area contributed by atoms with Crippen molar-refractivity contribution in [2.24, 2.45) is 5.73 Å². The van der Waals surface area contributed by atoms with E-state index in [9.17, 15) is 0 Å². The maximum absolute atomic E-state index is 5.11. The van der Waals surface area contributed by atoms with Crippen LogP contribution in [-0.2, 0) is 0 Å². The van der Waals surface area contributed by atoms with Crippen molar-refractivity contribution in [3.05, 3.63) is 0 Å². The van der Waals surface area contributed by atoms with E-state index in [1.54, 1.807) is 0 Å². The minimum absolute atomic E-state index is 0.333. The highest BCUT2D eigenvalue weighted by atomic mass is 14.5. The molecule has 0 amide bonds. The summed E-state index contributed by atoms with van der Waals surface area (Å²) in [6.45, 7) is 1.94. The van der Waals surface area contributed by atoms with Gasteiger partial charge in [0, 0.05) is 0 Å². The van der Waals surface area contributed by atoms with Gasteiger partial charge in [-0.1, -0.05) is 6.92 Å². The molecule has 0 aliphatic rings. The van der Waals surface area contributed by atoms with Crippen LogP contribution >= 0.6 is 0 Å². The molecule has 0 saturated heterocycles. The van der Waals surface area contributed by atoms with Gasteiger partial charge >= 0.3 is 0 Å². The van der Waals surface area contributed by atoms with Crippen LogP contribution < -0.4 is 5.73 Å². The largest absolute Gasteiger partial charge is 0.336 e. The summed E-state index contributed by atoms with van der Waals surface area (Å²) in [6, 6.07) is 0. The molecular formula is C2H8BN. The van der Waals surface area contributed by atoms with Crippen molar-refractivity contribution in [1.82, 2.24) is 0 Å². The van der Waals surface area contributed by atoms with E-state index in [2.05, 4.69) is 0 Å². The van der Waals surface area contributed by atoms with Gasteiger partial charge in [0.1, 0.15) is 7.85 Å². The van der Waals surface area contributed by atoms with Crippen molar-refractivity contribution in [2.45, 2.75) is 12.9 Å². The number of nitrogens with two attached hydrogens (primary N) is 1. The lowest BCUT2D eigenvalue weighted by Crippen LogP contribution is -2.12. The molecule has 1 unspecified atom stereocenters. The number of hydrogen-bond donors (Lipinski definition) is 1. The van der Waals surface area contributed by atoms with E-state index < -0.39 is 0 Å². The van der Waals surface area contributed by atoms with Gasteiger partial charge in [0.05, 0.1) is 0 Å². The molecule has 4 heavy (non-hydrogen) atoms. The average molecular weight is 56.9 g/mol. The summed E-state index contributed by atoms with van der Waals surface area (Å²) in [5.74, 6) is 0.333. The highest BCUT2D eigenvalue weighted by molar-refractivity contribution is 6.11. The first-order valence-electron chi connectivity index (χ1n) is 1.49. The first kappa shape index (κ1) is 4.02. The Morgan fingerprint density at radius 1 is 2.00 bits per heavy atom. The summed E-state index contributed by atoms with van der Waals surface area (Å²) in [6.07, 6.45) is 0. The lowest BCUT2D eigenvalue weighted by molar-refractivity contribution is 1.03. The summed E-state index contributed by atoms with van der Waals surface area (Å²) in [4.78, 5) is 0. The van der Waals surface area contributed by atoms with Crippen molar-refractivity contribution >= 4 is 7.85 Å². The Labute approximate surface area is 27.6 Å². The fraction of sp³-hybridized carbons (Fsp3) is 1.00. The van der Waals surface area contributed by atoms with Crippen molar-refractivity contribution < 1.29 is 0 Å². The Bertz CT molecular complexity index is 10.8. The fourth-order valence-electron chi connectivity index (χ4n) is 0. The van der Waals surface area contributed by atoms with E-state index in [4.69, 9.17) is 5.73 Å². The second-order valence-electron chi connectivity index (χ2n) is 1.24. The van der Waals surface area contributed by atoms with Gasteiger partial charge in [-0.3, -0.25) is 0 Å². The van der Waals surface area contributed by atoms with Crippen LogP contribution in [0.25, 0.3) is 0 Å². The van der Waals surface area contributed by atoms with Crippen molar-refractivity contribution in [2.75, 3.05) is 0 Å². The molecule has 0 aliphatic carbocycles. The van der Waals surface area contributed by atoms with E-state index in [0.29, 0.717) is 5.94 Å². The maximum Gasteiger partial charge on any atom is 0.122 e. The fourth-order valence-corrected chi connectivity index (χ4v) is 0. The number of hydrogen-bond acceptors (Lipinski definition) is 1. The Morgan fingerprint density at radius 2 is 2.00 bits per heavy atom. The molecule has 0 radical (unpaired) electrons. The van der Waals surface area contributed by atoms with E-state index in [-0.39, 0.29) is 0 Å². The van der Waals surface area contributed by atoms with Crippen molar-refractivity contribution in [3.8, 4) is 0 Å². The Hall–Kier alpha value is 0.0249. The zero-order chi connectivity index (χ0) is 3.58. The van der Waals surface area contributed by atoms with Gasteiger partial charge in [-0.15, -0.1) is 0 Å². The van der Waals surface area contributed by atoms with Crippen LogP contribution in [0.2, 0.25) is 0 Å².